The van der Waals surface area contributed by atoms with Crippen molar-refractivity contribution in [2.24, 2.45) is 5.92 Å². The Hall–Kier alpha value is -2.39. The van der Waals surface area contributed by atoms with Crippen molar-refractivity contribution in [1.82, 2.24) is 19.2 Å². The normalized spacial score (nSPS) is 17.1. The van der Waals surface area contributed by atoms with Crippen LogP contribution in [0.4, 0.5) is 0 Å². The van der Waals surface area contributed by atoms with Gasteiger partial charge < -0.3 is 9.88 Å². The average molecular weight is 507 g/mol. The molecule has 0 unspecified atom stereocenters. The fraction of sp³-hybridized carbons (Fsp3) is 0.304. The summed E-state index contributed by atoms with van der Waals surface area (Å²) in [5.74, 6) is -0.787. The summed E-state index contributed by atoms with van der Waals surface area (Å²) in [6.45, 7) is 0.889. The molecule has 7 nitrogen and oxygen atoms in total. The van der Waals surface area contributed by atoms with Crippen LogP contribution in [0.1, 0.15) is 24.0 Å². The number of rotatable bonds is 7. The van der Waals surface area contributed by atoms with Gasteiger partial charge in [0.1, 0.15) is 0 Å². The number of aromatic nitrogens is 2. The van der Waals surface area contributed by atoms with E-state index in [-0.39, 0.29) is 18.2 Å². The Morgan fingerprint density at radius 2 is 1.97 bits per heavy atom. The molecule has 174 valence electrons. The van der Waals surface area contributed by atoms with Crippen molar-refractivity contribution in [1.29, 1.82) is 0 Å². The molecule has 1 aromatic heterocycles. The van der Waals surface area contributed by atoms with Gasteiger partial charge in [-0.25, -0.2) is 17.7 Å². The van der Waals surface area contributed by atoms with Gasteiger partial charge in [-0.1, -0.05) is 47.5 Å². The van der Waals surface area contributed by atoms with Crippen LogP contribution in [-0.2, 0) is 27.1 Å². The van der Waals surface area contributed by atoms with Gasteiger partial charge in [-0.3, -0.25) is 4.79 Å². The van der Waals surface area contributed by atoms with E-state index in [0.29, 0.717) is 41.5 Å². The highest BCUT2D eigenvalue weighted by Crippen LogP contribution is 2.26. The number of sulfonamides is 1. The molecule has 1 atom stereocenters. The van der Waals surface area contributed by atoms with Crippen LogP contribution in [0.5, 0.6) is 0 Å². The number of para-hydroxylation sites is 1. The highest BCUT2D eigenvalue weighted by atomic mass is 35.5. The van der Waals surface area contributed by atoms with E-state index in [1.165, 1.54) is 10.4 Å². The SMILES string of the molecule is O=C(NCc1ccccc1-n1ccnc1)[C@@H]1CCCN(S(=O)(=O)Cc2ccc(Cl)cc2Cl)C1. The number of carbonyl (C=O) groups is 1. The van der Waals surface area contributed by atoms with Crippen molar-refractivity contribution in [3.63, 3.8) is 0 Å². The van der Waals surface area contributed by atoms with E-state index in [9.17, 15) is 13.2 Å². The number of halogens is 2. The standard InChI is InChI=1S/C23H24Cl2N4O3S/c24-20-8-7-19(21(25)12-20)15-33(31,32)29-10-3-5-18(14-29)23(30)27-13-17-4-1-2-6-22(17)28-11-9-26-16-28/h1-2,4,6-9,11-12,16,18H,3,5,10,13-15H2,(H,27,30)/t18-/m1/s1. The predicted molar refractivity (Wildman–Crippen MR) is 129 cm³/mol. The van der Waals surface area contributed by atoms with Crippen molar-refractivity contribution in [2.45, 2.75) is 25.1 Å². The number of carbonyl (C=O) groups excluding carboxylic acids is 1. The maximum absolute atomic E-state index is 13.0. The third-order valence-corrected chi connectivity index (χ3v) is 8.11. The largest absolute Gasteiger partial charge is 0.352 e. The molecular weight excluding hydrogens is 483 g/mol. The number of hydrogen-bond acceptors (Lipinski definition) is 4. The van der Waals surface area contributed by atoms with Gasteiger partial charge in [0.05, 0.1) is 23.7 Å². The maximum Gasteiger partial charge on any atom is 0.224 e. The maximum atomic E-state index is 13.0. The minimum atomic E-state index is -3.63. The highest BCUT2D eigenvalue weighted by molar-refractivity contribution is 7.88. The lowest BCUT2D eigenvalue weighted by molar-refractivity contribution is -0.126. The molecule has 0 spiro atoms. The topological polar surface area (TPSA) is 84.3 Å². The van der Waals surface area contributed by atoms with Gasteiger partial charge in [-0.05, 0) is 42.2 Å². The van der Waals surface area contributed by atoms with Crippen LogP contribution < -0.4 is 5.32 Å². The van der Waals surface area contributed by atoms with Crippen LogP contribution in [0.3, 0.4) is 0 Å². The van der Waals surface area contributed by atoms with Crippen LogP contribution in [0.15, 0.2) is 61.2 Å². The Bertz CT molecular complexity index is 1230. The zero-order valence-electron chi connectivity index (χ0n) is 17.8. The minimum Gasteiger partial charge on any atom is -0.352 e. The molecule has 10 heteroatoms. The second-order valence-corrected chi connectivity index (χ2v) is 10.8. The van der Waals surface area contributed by atoms with Gasteiger partial charge in [0, 0.05) is 42.1 Å². The summed E-state index contributed by atoms with van der Waals surface area (Å²) in [6, 6.07) is 12.5. The number of hydrogen-bond donors (Lipinski definition) is 1. The van der Waals surface area contributed by atoms with E-state index in [2.05, 4.69) is 10.3 Å². The first-order valence-electron chi connectivity index (χ1n) is 10.6. The second kappa shape index (κ2) is 10.3. The van der Waals surface area contributed by atoms with Crippen molar-refractivity contribution < 1.29 is 13.2 Å². The Morgan fingerprint density at radius 3 is 2.73 bits per heavy atom. The third kappa shape index (κ3) is 5.76. The van der Waals surface area contributed by atoms with E-state index in [4.69, 9.17) is 23.2 Å². The predicted octanol–water partition coefficient (Wildman–Crippen LogP) is 4.04. The van der Waals surface area contributed by atoms with Crippen LogP contribution >= 0.6 is 23.2 Å². The summed E-state index contributed by atoms with van der Waals surface area (Å²) in [7, 11) is -3.63. The Balaban J connectivity index is 1.40. The van der Waals surface area contributed by atoms with Crippen molar-refractivity contribution in [2.75, 3.05) is 13.1 Å². The molecule has 4 rings (SSSR count). The molecule has 1 N–H and O–H groups in total. The quantitative estimate of drug-likeness (QED) is 0.523. The summed E-state index contributed by atoms with van der Waals surface area (Å²) >= 11 is 12.1. The molecule has 0 saturated carbocycles. The highest BCUT2D eigenvalue weighted by Gasteiger charge is 2.32. The van der Waals surface area contributed by atoms with Crippen LogP contribution in [0.25, 0.3) is 5.69 Å². The summed E-state index contributed by atoms with van der Waals surface area (Å²) < 4.78 is 29.3. The molecular formula is C23H24Cl2N4O3S. The fourth-order valence-electron chi connectivity index (χ4n) is 3.98. The van der Waals surface area contributed by atoms with Crippen LogP contribution in [0.2, 0.25) is 10.0 Å². The first kappa shape index (κ1) is 23.8. The number of nitrogens with one attached hydrogen (secondary N) is 1. The number of imidazole rings is 1. The van der Waals surface area contributed by atoms with E-state index in [1.54, 1.807) is 24.7 Å². The van der Waals surface area contributed by atoms with E-state index in [0.717, 1.165) is 11.3 Å². The molecule has 1 aliphatic rings. The van der Waals surface area contributed by atoms with E-state index < -0.39 is 15.9 Å². The number of amides is 1. The van der Waals surface area contributed by atoms with Gasteiger partial charge >= 0.3 is 0 Å². The summed E-state index contributed by atoms with van der Waals surface area (Å²) in [6.07, 6.45) is 6.51. The molecule has 2 heterocycles. The summed E-state index contributed by atoms with van der Waals surface area (Å²) in [5.41, 5.74) is 2.37. The van der Waals surface area contributed by atoms with E-state index >= 15 is 0 Å². The monoisotopic (exact) mass is 506 g/mol. The fourth-order valence-corrected chi connectivity index (χ4v) is 6.17. The first-order chi connectivity index (χ1) is 15.8. The molecule has 33 heavy (non-hydrogen) atoms. The number of benzene rings is 2. The zero-order valence-corrected chi connectivity index (χ0v) is 20.2. The van der Waals surface area contributed by atoms with Crippen molar-refractivity contribution in [3.8, 4) is 5.69 Å². The minimum absolute atomic E-state index is 0.153. The zero-order chi connectivity index (χ0) is 23.4. The first-order valence-corrected chi connectivity index (χ1v) is 13.0. The molecule has 1 amide bonds. The number of piperidine rings is 1. The van der Waals surface area contributed by atoms with Gasteiger partial charge in [0.15, 0.2) is 0 Å². The second-order valence-electron chi connectivity index (χ2n) is 8.01. The molecule has 1 saturated heterocycles. The van der Waals surface area contributed by atoms with E-state index in [1.807, 2.05) is 35.0 Å². The van der Waals surface area contributed by atoms with Gasteiger partial charge in [-0.2, -0.15) is 0 Å². The lowest BCUT2D eigenvalue weighted by Crippen LogP contribution is -2.45. The van der Waals surface area contributed by atoms with Crippen LogP contribution in [-0.4, -0.2) is 41.3 Å². The molecule has 1 fully saturated rings. The average Bonchev–Trinajstić information content (AvgIpc) is 3.34. The smallest absolute Gasteiger partial charge is 0.224 e. The summed E-state index contributed by atoms with van der Waals surface area (Å²) in [5, 5.41) is 3.74. The molecule has 1 aliphatic heterocycles. The molecule has 0 bridgehead atoms. The lowest BCUT2D eigenvalue weighted by atomic mass is 9.98. The van der Waals surface area contributed by atoms with Crippen molar-refractivity contribution >= 4 is 39.1 Å². The van der Waals surface area contributed by atoms with Gasteiger partial charge in [0.2, 0.25) is 15.9 Å². The third-order valence-electron chi connectivity index (χ3n) is 5.73. The molecule has 0 radical (unpaired) electrons. The Labute approximate surface area is 203 Å². The van der Waals surface area contributed by atoms with Gasteiger partial charge in [0.25, 0.3) is 0 Å². The molecule has 3 aromatic rings. The molecule has 0 aliphatic carbocycles. The van der Waals surface area contributed by atoms with Crippen LogP contribution in [0, 0.1) is 5.92 Å². The summed E-state index contributed by atoms with van der Waals surface area (Å²) in [4.78, 5) is 17.0. The Morgan fingerprint density at radius 1 is 1.15 bits per heavy atom. The Kier molecular flexibility index (Phi) is 7.38. The van der Waals surface area contributed by atoms with Crippen molar-refractivity contribution in [3.05, 3.63) is 82.4 Å². The van der Waals surface area contributed by atoms with Gasteiger partial charge in [-0.15, -0.1) is 0 Å². The number of nitrogens with zero attached hydrogens (tertiary/aromatic N) is 3. The lowest BCUT2D eigenvalue weighted by Gasteiger charge is -2.31. The molecule has 2 aromatic carbocycles.